The van der Waals surface area contributed by atoms with Gasteiger partial charge in [0.2, 0.25) is 0 Å². The summed E-state index contributed by atoms with van der Waals surface area (Å²) in [5.74, 6) is 0.695. The summed E-state index contributed by atoms with van der Waals surface area (Å²) < 4.78 is 5.94. The first kappa shape index (κ1) is 10.4. The van der Waals surface area contributed by atoms with E-state index < -0.39 is 0 Å². The van der Waals surface area contributed by atoms with Crippen LogP contribution in [0.15, 0.2) is 16.6 Å². The summed E-state index contributed by atoms with van der Waals surface area (Å²) in [5, 5.41) is 1.40. The van der Waals surface area contributed by atoms with Gasteiger partial charge in [0.1, 0.15) is 5.75 Å². The van der Waals surface area contributed by atoms with Crippen molar-refractivity contribution in [2.24, 2.45) is 0 Å². The third-order valence-corrected chi connectivity index (χ3v) is 3.32. The van der Waals surface area contributed by atoms with Crippen LogP contribution in [0.25, 0.3) is 0 Å². The molecule has 1 rings (SSSR count). The van der Waals surface area contributed by atoms with Gasteiger partial charge >= 0.3 is 0 Å². The van der Waals surface area contributed by atoms with Gasteiger partial charge in [-0.2, -0.15) is 0 Å². The van der Waals surface area contributed by atoms with Gasteiger partial charge in [0.05, 0.1) is 12.1 Å². The highest BCUT2D eigenvalue weighted by atomic mass is 79.9. The largest absolute Gasteiger partial charge is 0.495 e. The molecule has 0 aliphatic heterocycles. The van der Waals surface area contributed by atoms with Crippen molar-refractivity contribution in [1.29, 1.82) is 0 Å². The topological polar surface area (TPSA) is 9.23 Å². The Kier molecular flexibility index (Phi) is 3.87. The first-order valence-corrected chi connectivity index (χ1v) is 5.56. The molecule has 0 unspecified atom stereocenters. The van der Waals surface area contributed by atoms with Gasteiger partial charge in [0, 0.05) is 9.80 Å². The first-order chi connectivity index (χ1) is 5.69. The molecule has 12 heavy (non-hydrogen) atoms. The zero-order valence-electron chi connectivity index (χ0n) is 6.40. The van der Waals surface area contributed by atoms with Crippen LogP contribution in [0.2, 0.25) is 5.02 Å². The molecule has 1 aromatic carbocycles. The van der Waals surface area contributed by atoms with E-state index in [1.54, 1.807) is 7.11 Å². The standard InChI is InChI=1S/C8H7Br2ClO/c1-12-7-3-5(4-9)2-6(10)8(7)11/h2-3H,4H2,1H3. The van der Waals surface area contributed by atoms with Gasteiger partial charge < -0.3 is 4.74 Å². The number of alkyl halides is 1. The molecule has 1 aromatic rings. The summed E-state index contributed by atoms with van der Waals surface area (Å²) in [5.41, 5.74) is 1.13. The van der Waals surface area contributed by atoms with E-state index in [1.807, 2.05) is 12.1 Å². The van der Waals surface area contributed by atoms with Crippen molar-refractivity contribution >= 4 is 43.5 Å². The van der Waals surface area contributed by atoms with Gasteiger partial charge in [0.25, 0.3) is 0 Å². The molecule has 1 nitrogen and oxygen atoms in total. The Morgan fingerprint density at radius 2 is 2.17 bits per heavy atom. The summed E-state index contributed by atoms with van der Waals surface area (Å²) in [6, 6.07) is 3.86. The Bertz CT molecular complexity index is 289. The van der Waals surface area contributed by atoms with Crippen molar-refractivity contribution in [1.82, 2.24) is 0 Å². The van der Waals surface area contributed by atoms with Gasteiger partial charge in [-0.25, -0.2) is 0 Å². The van der Waals surface area contributed by atoms with E-state index in [0.717, 1.165) is 15.4 Å². The minimum Gasteiger partial charge on any atom is -0.495 e. The number of methoxy groups -OCH3 is 1. The van der Waals surface area contributed by atoms with Crippen LogP contribution in [-0.2, 0) is 5.33 Å². The fraction of sp³-hybridized carbons (Fsp3) is 0.250. The number of hydrogen-bond donors (Lipinski definition) is 0. The van der Waals surface area contributed by atoms with Crippen LogP contribution in [0.1, 0.15) is 5.56 Å². The minimum absolute atomic E-state index is 0.613. The SMILES string of the molecule is COc1cc(CBr)cc(Br)c1Cl. The summed E-state index contributed by atoms with van der Waals surface area (Å²) >= 11 is 12.6. The molecule has 0 aromatic heterocycles. The van der Waals surface area contributed by atoms with Gasteiger partial charge in [0.15, 0.2) is 0 Å². The van der Waals surface area contributed by atoms with Gasteiger partial charge in [-0.1, -0.05) is 27.5 Å². The normalized spacial score (nSPS) is 10.0. The smallest absolute Gasteiger partial charge is 0.138 e. The quantitative estimate of drug-likeness (QED) is 0.750. The molecule has 0 amide bonds. The number of hydrogen-bond acceptors (Lipinski definition) is 1. The van der Waals surface area contributed by atoms with Gasteiger partial charge in [-0.3, -0.25) is 0 Å². The molecular formula is C8H7Br2ClO. The van der Waals surface area contributed by atoms with Crippen molar-refractivity contribution in [2.75, 3.05) is 7.11 Å². The molecule has 0 saturated carbocycles. The maximum atomic E-state index is 5.94. The number of rotatable bonds is 2. The lowest BCUT2D eigenvalue weighted by atomic mass is 10.2. The fourth-order valence-electron chi connectivity index (χ4n) is 0.843. The van der Waals surface area contributed by atoms with E-state index in [0.29, 0.717) is 10.8 Å². The molecule has 0 aliphatic rings. The number of benzene rings is 1. The fourth-order valence-corrected chi connectivity index (χ4v) is 1.84. The Morgan fingerprint density at radius 1 is 1.50 bits per heavy atom. The van der Waals surface area contributed by atoms with E-state index in [4.69, 9.17) is 16.3 Å². The highest BCUT2D eigenvalue weighted by molar-refractivity contribution is 9.10. The van der Waals surface area contributed by atoms with Crippen LogP contribution < -0.4 is 4.74 Å². The molecule has 66 valence electrons. The predicted octanol–water partition coefficient (Wildman–Crippen LogP) is 4.01. The van der Waals surface area contributed by atoms with Crippen LogP contribution in [-0.4, -0.2) is 7.11 Å². The Hall–Kier alpha value is 0.270. The zero-order chi connectivity index (χ0) is 9.14. The zero-order valence-corrected chi connectivity index (χ0v) is 10.3. The molecule has 0 saturated heterocycles. The van der Waals surface area contributed by atoms with Crippen molar-refractivity contribution in [3.8, 4) is 5.75 Å². The highest BCUT2D eigenvalue weighted by Crippen LogP contribution is 2.33. The van der Waals surface area contributed by atoms with E-state index in [9.17, 15) is 0 Å². The average molecular weight is 314 g/mol. The van der Waals surface area contributed by atoms with E-state index in [2.05, 4.69) is 31.9 Å². The molecule has 0 radical (unpaired) electrons. The summed E-state index contributed by atoms with van der Waals surface area (Å²) in [6.07, 6.45) is 0. The number of halogens is 3. The van der Waals surface area contributed by atoms with E-state index in [-0.39, 0.29) is 0 Å². The van der Waals surface area contributed by atoms with E-state index in [1.165, 1.54) is 0 Å². The Balaban J connectivity index is 3.19. The second-order valence-electron chi connectivity index (χ2n) is 2.23. The van der Waals surface area contributed by atoms with Crippen LogP contribution in [0.5, 0.6) is 5.75 Å². The lowest BCUT2D eigenvalue weighted by Crippen LogP contribution is -1.87. The molecule has 0 fully saturated rings. The molecule has 0 aliphatic carbocycles. The summed E-state index contributed by atoms with van der Waals surface area (Å²) in [6.45, 7) is 0. The van der Waals surface area contributed by atoms with Crippen molar-refractivity contribution in [3.63, 3.8) is 0 Å². The molecule has 0 bridgehead atoms. The Morgan fingerprint density at radius 3 is 2.67 bits per heavy atom. The molecule has 0 heterocycles. The molecule has 0 atom stereocenters. The predicted molar refractivity (Wildman–Crippen MR) is 58.3 cm³/mol. The maximum absolute atomic E-state index is 5.94. The van der Waals surface area contributed by atoms with Crippen molar-refractivity contribution in [2.45, 2.75) is 5.33 Å². The molecular weight excluding hydrogens is 307 g/mol. The van der Waals surface area contributed by atoms with Gasteiger partial charge in [-0.15, -0.1) is 0 Å². The van der Waals surface area contributed by atoms with Crippen LogP contribution in [0.3, 0.4) is 0 Å². The molecule has 0 N–H and O–H groups in total. The van der Waals surface area contributed by atoms with Crippen LogP contribution in [0.4, 0.5) is 0 Å². The second-order valence-corrected chi connectivity index (χ2v) is 4.02. The minimum atomic E-state index is 0.613. The summed E-state index contributed by atoms with van der Waals surface area (Å²) in [4.78, 5) is 0. The van der Waals surface area contributed by atoms with E-state index >= 15 is 0 Å². The summed E-state index contributed by atoms with van der Waals surface area (Å²) in [7, 11) is 1.60. The second kappa shape index (κ2) is 4.49. The first-order valence-electron chi connectivity index (χ1n) is 3.27. The lowest BCUT2D eigenvalue weighted by molar-refractivity contribution is 0.414. The Labute approximate surface area is 93.3 Å². The highest BCUT2D eigenvalue weighted by Gasteiger charge is 2.06. The third kappa shape index (κ3) is 2.15. The monoisotopic (exact) mass is 312 g/mol. The van der Waals surface area contributed by atoms with Gasteiger partial charge in [-0.05, 0) is 33.6 Å². The molecule has 0 spiro atoms. The van der Waals surface area contributed by atoms with Crippen molar-refractivity contribution in [3.05, 3.63) is 27.2 Å². The van der Waals surface area contributed by atoms with Crippen molar-refractivity contribution < 1.29 is 4.74 Å². The average Bonchev–Trinajstić information content (AvgIpc) is 2.09. The lowest BCUT2D eigenvalue weighted by Gasteiger charge is -2.06. The van der Waals surface area contributed by atoms with Crippen LogP contribution >= 0.6 is 43.5 Å². The number of ether oxygens (including phenoxy) is 1. The van der Waals surface area contributed by atoms with Crippen LogP contribution in [0, 0.1) is 0 Å². The maximum Gasteiger partial charge on any atom is 0.138 e. The third-order valence-electron chi connectivity index (χ3n) is 1.43. The molecule has 4 heteroatoms.